The molecule has 1 N–H and O–H groups in total. The van der Waals surface area contributed by atoms with Crippen LogP contribution in [0.4, 0.5) is 0 Å². The number of likely N-dealkylation sites (tertiary alicyclic amines) is 1. The quantitative estimate of drug-likeness (QED) is 0.807. The van der Waals surface area contributed by atoms with Crippen molar-refractivity contribution in [1.29, 1.82) is 0 Å². The zero-order valence-corrected chi connectivity index (χ0v) is 14.0. The van der Waals surface area contributed by atoms with Gasteiger partial charge < -0.3 is 10.2 Å². The second-order valence-corrected chi connectivity index (χ2v) is 6.48. The van der Waals surface area contributed by atoms with E-state index in [1.807, 2.05) is 0 Å². The number of benzene rings is 1. The van der Waals surface area contributed by atoms with Crippen molar-refractivity contribution in [2.45, 2.75) is 58.5 Å². The van der Waals surface area contributed by atoms with Crippen LogP contribution in [0.15, 0.2) is 30.3 Å². The van der Waals surface area contributed by atoms with Gasteiger partial charge in [-0.3, -0.25) is 0 Å². The highest BCUT2D eigenvalue weighted by molar-refractivity contribution is 5.19. The van der Waals surface area contributed by atoms with Crippen LogP contribution in [-0.2, 0) is 0 Å². The van der Waals surface area contributed by atoms with E-state index < -0.39 is 0 Å². The molecule has 1 aromatic carbocycles. The Kier molecular flexibility index (Phi) is 6.72. The lowest BCUT2D eigenvalue weighted by atomic mass is 9.89. The highest BCUT2D eigenvalue weighted by Gasteiger charge is 2.25. The summed E-state index contributed by atoms with van der Waals surface area (Å²) in [4.78, 5) is 2.57. The topological polar surface area (TPSA) is 15.3 Å². The number of piperidine rings is 1. The van der Waals surface area contributed by atoms with Gasteiger partial charge in [0.1, 0.15) is 0 Å². The van der Waals surface area contributed by atoms with Crippen molar-refractivity contribution in [3.8, 4) is 0 Å². The van der Waals surface area contributed by atoms with Crippen LogP contribution >= 0.6 is 0 Å². The molecule has 118 valence electrons. The average Bonchev–Trinajstić information content (AvgIpc) is 2.55. The van der Waals surface area contributed by atoms with Crippen LogP contribution in [0.5, 0.6) is 0 Å². The fourth-order valence-electron chi connectivity index (χ4n) is 3.54. The molecule has 1 aliphatic heterocycles. The molecule has 2 nitrogen and oxygen atoms in total. The third kappa shape index (κ3) is 4.82. The second kappa shape index (κ2) is 8.55. The summed E-state index contributed by atoms with van der Waals surface area (Å²) in [5.41, 5.74) is 1.44. The van der Waals surface area contributed by atoms with Gasteiger partial charge in [0.25, 0.3) is 0 Å². The Balaban J connectivity index is 1.91. The number of nitrogens with zero attached hydrogens (tertiary/aromatic N) is 1. The molecule has 0 spiro atoms. The summed E-state index contributed by atoms with van der Waals surface area (Å²) < 4.78 is 0. The highest BCUT2D eigenvalue weighted by Crippen LogP contribution is 2.25. The van der Waals surface area contributed by atoms with Crippen LogP contribution in [0.25, 0.3) is 0 Å². The van der Waals surface area contributed by atoms with Gasteiger partial charge in [0.05, 0.1) is 0 Å². The van der Waals surface area contributed by atoms with Gasteiger partial charge in [-0.25, -0.2) is 0 Å². The molecule has 0 aromatic heterocycles. The molecule has 1 heterocycles. The first-order valence-electron chi connectivity index (χ1n) is 8.78. The van der Waals surface area contributed by atoms with Crippen molar-refractivity contribution in [2.24, 2.45) is 5.92 Å². The smallest absolute Gasteiger partial charge is 0.0322 e. The first-order valence-corrected chi connectivity index (χ1v) is 8.78. The zero-order valence-electron chi connectivity index (χ0n) is 14.0. The number of hydrogen-bond donors (Lipinski definition) is 1. The minimum absolute atomic E-state index is 0.510. The lowest BCUT2D eigenvalue weighted by Gasteiger charge is -2.36. The van der Waals surface area contributed by atoms with Gasteiger partial charge in [-0.1, -0.05) is 50.6 Å². The standard InChI is InChI=1S/C19H32N2/c1-4-9-19(18-10-7-6-8-11-18)20-16(3)17-12-14-21(5-2)15-13-17/h6-8,10-11,16-17,19-20H,4-5,9,12-15H2,1-3H3. The van der Waals surface area contributed by atoms with Gasteiger partial charge in [-0.2, -0.15) is 0 Å². The van der Waals surface area contributed by atoms with E-state index in [9.17, 15) is 0 Å². The maximum Gasteiger partial charge on any atom is 0.0322 e. The Morgan fingerprint density at radius 2 is 1.81 bits per heavy atom. The summed E-state index contributed by atoms with van der Waals surface area (Å²) in [5, 5.41) is 3.92. The first kappa shape index (κ1) is 16.5. The lowest BCUT2D eigenvalue weighted by Crippen LogP contribution is -2.43. The molecule has 0 bridgehead atoms. The minimum atomic E-state index is 0.510. The van der Waals surface area contributed by atoms with E-state index in [4.69, 9.17) is 0 Å². The fraction of sp³-hybridized carbons (Fsp3) is 0.684. The Morgan fingerprint density at radius 1 is 1.14 bits per heavy atom. The zero-order chi connectivity index (χ0) is 15.1. The van der Waals surface area contributed by atoms with Crippen LogP contribution in [-0.4, -0.2) is 30.6 Å². The third-order valence-electron chi connectivity index (χ3n) is 5.03. The van der Waals surface area contributed by atoms with Crippen molar-refractivity contribution in [1.82, 2.24) is 10.2 Å². The number of hydrogen-bond acceptors (Lipinski definition) is 2. The molecular weight excluding hydrogens is 256 g/mol. The number of nitrogens with one attached hydrogen (secondary N) is 1. The maximum absolute atomic E-state index is 3.92. The molecule has 1 saturated heterocycles. The van der Waals surface area contributed by atoms with E-state index in [1.54, 1.807) is 0 Å². The Bertz CT molecular complexity index is 382. The monoisotopic (exact) mass is 288 g/mol. The Hall–Kier alpha value is -0.860. The molecular formula is C19H32N2. The van der Waals surface area contributed by atoms with Crippen molar-refractivity contribution in [3.63, 3.8) is 0 Å². The van der Waals surface area contributed by atoms with E-state index in [0.717, 1.165) is 5.92 Å². The van der Waals surface area contributed by atoms with E-state index in [-0.39, 0.29) is 0 Å². The third-order valence-corrected chi connectivity index (χ3v) is 5.03. The van der Waals surface area contributed by atoms with Gasteiger partial charge in [-0.05, 0) is 57.3 Å². The van der Waals surface area contributed by atoms with Gasteiger partial charge in [0, 0.05) is 12.1 Å². The molecule has 0 radical (unpaired) electrons. The summed E-state index contributed by atoms with van der Waals surface area (Å²) in [7, 11) is 0. The van der Waals surface area contributed by atoms with Gasteiger partial charge in [0.2, 0.25) is 0 Å². The SMILES string of the molecule is CCCC(NC(C)C1CCN(CC)CC1)c1ccccc1. The lowest BCUT2D eigenvalue weighted by molar-refractivity contribution is 0.163. The summed E-state index contributed by atoms with van der Waals surface area (Å²) in [6.45, 7) is 10.7. The average molecular weight is 288 g/mol. The molecule has 0 saturated carbocycles. The van der Waals surface area contributed by atoms with Gasteiger partial charge in [-0.15, -0.1) is 0 Å². The van der Waals surface area contributed by atoms with E-state index in [0.29, 0.717) is 12.1 Å². The second-order valence-electron chi connectivity index (χ2n) is 6.48. The Morgan fingerprint density at radius 3 is 2.38 bits per heavy atom. The van der Waals surface area contributed by atoms with Crippen molar-refractivity contribution in [3.05, 3.63) is 35.9 Å². The van der Waals surface area contributed by atoms with Crippen LogP contribution in [0, 0.1) is 5.92 Å². The molecule has 1 aliphatic rings. The predicted octanol–water partition coefficient (Wildman–Crippen LogP) is 4.24. The molecule has 1 aromatic rings. The molecule has 1 fully saturated rings. The molecule has 2 rings (SSSR count). The van der Waals surface area contributed by atoms with Crippen LogP contribution < -0.4 is 5.32 Å². The van der Waals surface area contributed by atoms with Crippen LogP contribution in [0.3, 0.4) is 0 Å². The molecule has 0 amide bonds. The largest absolute Gasteiger partial charge is 0.307 e. The highest BCUT2D eigenvalue weighted by atomic mass is 15.1. The van der Waals surface area contributed by atoms with Gasteiger partial charge >= 0.3 is 0 Å². The van der Waals surface area contributed by atoms with E-state index in [1.165, 1.54) is 50.9 Å². The molecule has 2 unspecified atom stereocenters. The van der Waals surface area contributed by atoms with Gasteiger partial charge in [0.15, 0.2) is 0 Å². The van der Waals surface area contributed by atoms with Crippen LogP contribution in [0.1, 0.15) is 58.1 Å². The molecule has 2 heteroatoms. The fourth-order valence-corrected chi connectivity index (χ4v) is 3.54. The first-order chi connectivity index (χ1) is 10.2. The summed E-state index contributed by atoms with van der Waals surface area (Å²) in [5.74, 6) is 0.830. The van der Waals surface area contributed by atoms with E-state index in [2.05, 4.69) is 61.3 Å². The minimum Gasteiger partial charge on any atom is -0.307 e. The summed E-state index contributed by atoms with van der Waals surface area (Å²) >= 11 is 0. The van der Waals surface area contributed by atoms with E-state index >= 15 is 0 Å². The molecule has 0 aliphatic carbocycles. The molecule has 2 atom stereocenters. The Labute approximate surface area is 130 Å². The molecule has 21 heavy (non-hydrogen) atoms. The maximum atomic E-state index is 3.92. The summed E-state index contributed by atoms with van der Waals surface area (Å²) in [6, 6.07) is 12.1. The van der Waals surface area contributed by atoms with Crippen molar-refractivity contribution >= 4 is 0 Å². The summed E-state index contributed by atoms with van der Waals surface area (Å²) in [6.07, 6.45) is 5.14. The van der Waals surface area contributed by atoms with Crippen molar-refractivity contribution in [2.75, 3.05) is 19.6 Å². The van der Waals surface area contributed by atoms with Crippen molar-refractivity contribution < 1.29 is 0 Å². The van der Waals surface area contributed by atoms with Crippen LogP contribution in [0.2, 0.25) is 0 Å². The predicted molar refractivity (Wildman–Crippen MR) is 91.5 cm³/mol. The normalized spacial score (nSPS) is 20.3. The number of rotatable bonds is 7.